The number of nitrogens with two attached hydrogens (primary N) is 1. The van der Waals surface area contributed by atoms with Gasteiger partial charge in [-0.2, -0.15) is 0 Å². The minimum atomic E-state index is -0.0314. The molecule has 1 saturated heterocycles. The molecule has 1 unspecified atom stereocenters. The molecule has 1 fully saturated rings. The molecule has 4 nitrogen and oxygen atoms in total. The van der Waals surface area contributed by atoms with Gasteiger partial charge in [0.15, 0.2) is 0 Å². The molecule has 2 rings (SSSR count). The Morgan fingerprint density at radius 3 is 2.62 bits per heavy atom. The van der Waals surface area contributed by atoms with Gasteiger partial charge >= 0.3 is 0 Å². The van der Waals surface area contributed by atoms with Gasteiger partial charge in [-0.15, -0.1) is 0 Å². The van der Waals surface area contributed by atoms with Crippen LogP contribution in [-0.2, 0) is 0 Å². The molecule has 2 N–H and O–H groups in total. The minimum absolute atomic E-state index is 0.0314. The number of hydrogen-bond donors (Lipinski definition) is 1. The fourth-order valence-electron chi connectivity index (χ4n) is 3.23. The lowest BCUT2D eigenvalue weighted by Gasteiger charge is -2.33. The Hall–Kier alpha value is -1.26. The average Bonchev–Trinajstić information content (AvgIpc) is 2.48. The Kier molecular flexibility index (Phi) is 5.48. The van der Waals surface area contributed by atoms with E-state index in [-0.39, 0.29) is 6.04 Å². The summed E-state index contributed by atoms with van der Waals surface area (Å²) in [6, 6.07) is 6.16. The Morgan fingerprint density at radius 1 is 1.38 bits per heavy atom. The maximum Gasteiger partial charge on any atom is 0.125 e. The summed E-state index contributed by atoms with van der Waals surface area (Å²) in [6.07, 6.45) is 2.55. The van der Waals surface area contributed by atoms with Crippen LogP contribution in [0.15, 0.2) is 18.2 Å². The standard InChI is InChI=1S/C17H29N3O/c1-13(18)17-15(6-5-7-16(17)21-4)20(3)12-14-8-10-19(2)11-9-14/h5-7,13-14H,8-12,18H2,1-4H3. The van der Waals surface area contributed by atoms with E-state index in [1.54, 1.807) is 7.11 Å². The van der Waals surface area contributed by atoms with E-state index < -0.39 is 0 Å². The van der Waals surface area contributed by atoms with Crippen LogP contribution >= 0.6 is 0 Å². The second kappa shape index (κ2) is 7.14. The first kappa shape index (κ1) is 16.1. The molecule has 1 aliphatic rings. The lowest BCUT2D eigenvalue weighted by atomic mass is 9.96. The van der Waals surface area contributed by atoms with Crippen LogP contribution in [0.2, 0.25) is 0 Å². The van der Waals surface area contributed by atoms with Gasteiger partial charge in [-0.3, -0.25) is 0 Å². The Labute approximate surface area is 128 Å². The largest absolute Gasteiger partial charge is 0.496 e. The second-order valence-electron chi connectivity index (χ2n) is 6.31. The predicted molar refractivity (Wildman–Crippen MR) is 89.1 cm³/mol. The molecule has 4 heteroatoms. The predicted octanol–water partition coefficient (Wildman–Crippen LogP) is 2.49. The first-order valence-corrected chi connectivity index (χ1v) is 7.85. The molecule has 0 spiro atoms. The van der Waals surface area contributed by atoms with Crippen molar-refractivity contribution in [3.63, 3.8) is 0 Å². The molecule has 0 saturated carbocycles. The van der Waals surface area contributed by atoms with Crippen molar-refractivity contribution in [2.45, 2.75) is 25.8 Å². The fraction of sp³-hybridized carbons (Fsp3) is 0.647. The SMILES string of the molecule is COc1cccc(N(C)CC2CCN(C)CC2)c1C(C)N. The van der Waals surface area contributed by atoms with E-state index in [1.807, 2.05) is 19.1 Å². The highest BCUT2D eigenvalue weighted by Gasteiger charge is 2.21. The second-order valence-corrected chi connectivity index (χ2v) is 6.31. The van der Waals surface area contributed by atoms with Crippen molar-refractivity contribution < 1.29 is 4.74 Å². The first-order chi connectivity index (χ1) is 10.0. The van der Waals surface area contributed by atoms with Crippen LogP contribution in [0.1, 0.15) is 31.4 Å². The van der Waals surface area contributed by atoms with Crippen LogP contribution in [0.3, 0.4) is 0 Å². The fourth-order valence-corrected chi connectivity index (χ4v) is 3.23. The van der Waals surface area contributed by atoms with Gasteiger partial charge in [0.05, 0.1) is 7.11 Å². The van der Waals surface area contributed by atoms with E-state index in [1.165, 1.54) is 31.6 Å². The minimum Gasteiger partial charge on any atom is -0.496 e. The molecule has 1 aromatic carbocycles. The smallest absolute Gasteiger partial charge is 0.125 e. The van der Waals surface area contributed by atoms with Gasteiger partial charge in [0, 0.05) is 30.9 Å². The molecule has 1 aliphatic heterocycles. The molecule has 1 aromatic rings. The maximum atomic E-state index is 6.17. The van der Waals surface area contributed by atoms with E-state index in [0.29, 0.717) is 0 Å². The van der Waals surface area contributed by atoms with Crippen molar-refractivity contribution in [1.82, 2.24) is 4.90 Å². The number of rotatable bonds is 5. The number of nitrogens with zero attached hydrogens (tertiary/aromatic N) is 2. The summed E-state index contributed by atoms with van der Waals surface area (Å²) < 4.78 is 5.49. The number of likely N-dealkylation sites (tertiary alicyclic amines) is 1. The summed E-state index contributed by atoms with van der Waals surface area (Å²) in [5, 5.41) is 0. The van der Waals surface area contributed by atoms with Gasteiger partial charge in [-0.25, -0.2) is 0 Å². The van der Waals surface area contributed by atoms with E-state index in [9.17, 15) is 0 Å². The normalized spacial score (nSPS) is 18.5. The Morgan fingerprint density at radius 2 is 2.05 bits per heavy atom. The molecular formula is C17H29N3O. The lowest BCUT2D eigenvalue weighted by Crippen LogP contribution is -2.36. The summed E-state index contributed by atoms with van der Waals surface area (Å²) in [5.74, 6) is 1.65. The number of benzene rings is 1. The van der Waals surface area contributed by atoms with Gasteiger partial charge < -0.3 is 20.3 Å². The monoisotopic (exact) mass is 291 g/mol. The average molecular weight is 291 g/mol. The van der Waals surface area contributed by atoms with Gasteiger partial charge in [0.25, 0.3) is 0 Å². The van der Waals surface area contributed by atoms with Crippen molar-refractivity contribution >= 4 is 5.69 Å². The van der Waals surface area contributed by atoms with Crippen LogP contribution in [0.25, 0.3) is 0 Å². The van der Waals surface area contributed by atoms with E-state index in [2.05, 4.69) is 30.0 Å². The number of hydrogen-bond acceptors (Lipinski definition) is 4. The molecule has 0 aliphatic carbocycles. The summed E-state index contributed by atoms with van der Waals surface area (Å²) in [4.78, 5) is 4.76. The summed E-state index contributed by atoms with van der Waals surface area (Å²) in [6.45, 7) is 5.51. The summed E-state index contributed by atoms with van der Waals surface area (Å²) >= 11 is 0. The van der Waals surface area contributed by atoms with Crippen molar-refractivity contribution in [2.75, 3.05) is 45.7 Å². The molecule has 118 valence electrons. The zero-order valence-corrected chi connectivity index (χ0v) is 13.8. The lowest BCUT2D eigenvalue weighted by molar-refractivity contribution is 0.222. The quantitative estimate of drug-likeness (QED) is 0.905. The third-order valence-electron chi connectivity index (χ3n) is 4.50. The number of anilines is 1. The highest BCUT2D eigenvalue weighted by atomic mass is 16.5. The van der Waals surface area contributed by atoms with Gasteiger partial charge in [0.2, 0.25) is 0 Å². The molecule has 0 aromatic heterocycles. The molecule has 1 heterocycles. The Bertz CT molecular complexity index is 453. The van der Waals surface area contributed by atoms with Crippen LogP contribution in [0.5, 0.6) is 5.75 Å². The van der Waals surface area contributed by atoms with Crippen molar-refractivity contribution in [1.29, 1.82) is 0 Å². The summed E-state index contributed by atoms with van der Waals surface area (Å²) in [7, 11) is 6.08. The number of piperidine rings is 1. The number of ether oxygens (including phenoxy) is 1. The zero-order chi connectivity index (χ0) is 15.4. The van der Waals surface area contributed by atoms with Crippen LogP contribution < -0.4 is 15.4 Å². The third kappa shape index (κ3) is 3.89. The van der Waals surface area contributed by atoms with Gasteiger partial charge in [-0.1, -0.05) is 6.07 Å². The van der Waals surface area contributed by atoms with Gasteiger partial charge in [-0.05, 0) is 58.0 Å². The van der Waals surface area contributed by atoms with Crippen LogP contribution in [0, 0.1) is 5.92 Å². The van der Waals surface area contributed by atoms with Crippen LogP contribution in [-0.4, -0.2) is 45.7 Å². The topological polar surface area (TPSA) is 41.7 Å². The molecule has 1 atom stereocenters. The maximum absolute atomic E-state index is 6.17. The molecule has 0 amide bonds. The zero-order valence-electron chi connectivity index (χ0n) is 13.8. The first-order valence-electron chi connectivity index (χ1n) is 7.85. The Balaban J connectivity index is 2.13. The van der Waals surface area contributed by atoms with Crippen molar-refractivity contribution in [2.24, 2.45) is 11.7 Å². The van der Waals surface area contributed by atoms with Crippen LogP contribution in [0.4, 0.5) is 5.69 Å². The van der Waals surface area contributed by atoms with E-state index >= 15 is 0 Å². The van der Waals surface area contributed by atoms with Gasteiger partial charge in [0.1, 0.15) is 5.75 Å². The molecular weight excluding hydrogens is 262 g/mol. The number of methoxy groups -OCH3 is 1. The molecule has 0 radical (unpaired) electrons. The van der Waals surface area contributed by atoms with E-state index in [0.717, 1.165) is 23.8 Å². The summed E-state index contributed by atoms with van der Waals surface area (Å²) in [5.41, 5.74) is 8.47. The van der Waals surface area contributed by atoms with E-state index in [4.69, 9.17) is 10.5 Å². The third-order valence-corrected chi connectivity index (χ3v) is 4.50. The van der Waals surface area contributed by atoms with Crippen molar-refractivity contribution in [3.8, 4) is 5.75 Å². The molecule has 0 bridgehead atoms. The highest BCUT2D eigenvalue weighted by molar-refractivity contribution is 5.60. The highest BCUT2D eigenvalue weighted by Crippen LogP contribution is 2.34. The van der Waals surface area contributed by atoms with Crippen molar-refractivity contribution in [3.05, 3.63) is 23.8 Å². The molecule has 21 heavy (non-hydrogen) atoms.